The molecular weight excluding hydrogens is 1050 g/mol. The Kier molecular flexibility index (Phi) is 30.7. The fourth-order valence-corrected chi connectivity index (χ4v) is 10.2. The van der Waals surface area contributed by atoms with E-state index in [0.717, 1.165) is 159 Å². The largest absolute Gasteiger partial charge is 0.461 e. The van der Waals surface area contributed by atoms with Crippen LogP contribution in [0.2, 0.25) is 0 Å². The van der Waals surface area contributed by atoms with Gasteiger partial charge in [0.2, 0.25) is 0 Å². The van der Waals surface area contributed by atoms with E-state index >= 15 is 0 Å². The third-order valence-electron chi connectivity index (χ3n) is 14.7. The Morgan fingerprint density at radius 2 is 0.927 bits per heavy atom. The molecule has 3 unspecified atom stereocenters. The monoisotopic (exact) mass is 1150 g/mol. The zero-order chi connectivity index (χ0) is 59.1. The maximum Gasteiger partial charge on any atom is 0.333 e. The van der Waals surface area contributed by atoms with Crippen LogP contribution in [0.5, 0.6) is 0 Å². The van der Waals surface area contributed by atoms with E-state index in [-0.39, 0.29) is 69.4 Å². The second kappa shape index (κ2) is 37.5. The average Bonchev–Trinajstić information content (AvgIpc) is 3.64. The van der Waals surface area contributed by atoms with Crippen LogP contribution in [0.3, 0.4) is 0 Å². The van der Waals surface area contributed by atoms with Gasteiger partial charge in [0, 0.05) is 18.8 Å². The van der Waals surface area contributed by atoms with Crippen molar-refractivity contribution in [3.05, 3.63) is 68.8 Å². The standard InChI is InChI=1S/C59H98N12O11/c1-9-15-21-24-30-48(27-18-12-4)79-53(73)40-67-35-45(60-63-67)38-71-52(72)33-34-70(59(71)76)58-57(78-44-47-37-69(65-62-47)42-55(75)81-50(29-20-14-6)32-26-23-17-11-3)56(51(82-58)39-66(7)8)77-43-46-36-68(64-61-46)41-54(74)80-49(28-19-13-5)31-25-22-16-10-2/h33-37,48-51,56-58H,9-32,38-44H2,1-8H3/t48?,49?,50?,51-,56-,57-,58-/m1/s1. The molecule has 1 fully saturated rings. The first kappa shape index (κ1) is 67.1. The molecule has 1 aliphatic rings. The zero-order valence-electron chi connectivity index (χ0n) is 50.7. The molecule has 0 amide bonds. The van der Waals surface area contributed by atoms with Crippen LogP contribution in [0.15, 0.2) is 40.4 Å². The molecule has 0 saturated carbocycles. The Labute approximate surface area is 485 Å². The Balaban J connectivity index is 1.36. The summed E-state index contributed by atoms with van der Waals surface area (Å²) in [5, 5.41) is 25.4. The molecule has 1 saturated heterocycles. The maximum atomic E-state index is 14.6. The molecule has 0 aliphatic carbocycles. The topological polar surface area (TPSA) is 246 Å². The second-order valence-corrected chi connectivity index (χ2v) is 22.3. The van der Waals surface area contributed by atoms with Gasteiger partial charge < -0.3 is 33.3 Å². The summed E-state index contributed by atoms with van der Waals surface area (Å²) >= 11 is 0. The number of carbonyl (C=O) groups excluding carboxylic acids is 3. The smallest absolute Gasteiger partial charge is 0.333 e. The molecule has 4 aromatic heterocycles. The van der Waals surface area contributed by atoms with E-state index in [1.807, 2.05) is 19.0 Å². The van der Waals surface area contributed by atoms with Crippen molar-refractivity contribution in [3.63, 3.8) is 0 Å². The minimum absolute atomic E-state index is 0.0672. The fraction of sp³-hybridized carbons (Fsp3) is 0.780. The highest BCUT2D eigenvalue weighted by Crippen LogP contribution is 2.34. The molecule has 4 aromatic rings. The van der Waals surface area contributed by atoms with Crippen molar-refractivity contribution >= 4 is 17.9 Å². The average molecular weight is 1150 g/mol. The molecule has 0 aromatic carbocycles. The molecule has 0 bridgehead atoms. The number of esters is 3. The summed E-state index contributed by atoms with van der Waals surface area (Å²) in [5.41, 5.74) is -0.216. The second-order valence-electron chi connectivity index (χ2n) is 22.3. The van der Waals surface area contributed by atoms with E-state index in [1.54, 1.807) is 12.4 Å². The van der Waals surface area contributed by atoms with Crippen molar-refractivity contribution in [3.8, 4) is 0 Å². The van der Waals surface area contributed by atoms with Crippen molar-refractivity contribution < 1.29 is 42.8 Å². The van der Waals surface area contributed by atoms with Crippen molar-refractivity contribution in [1.29, 1.82) is 0 Å². The number of unbranched alkanes of at least 4 members (excludes halogenated alkanes) is 12. The van der Waals surface area contributed by atoms with E-state index < -0.39 is 47.7 Å². The minimum Gasteiger partial charge on any atom is -0.461 e. The molecule has 0 N–H and O–H groups in total. The molecule has 5 rings (SSSR count). The zero-order valence-corrected chi connectivity index (χ0v) is 50.7. The number of ether oxygens (including phenoxy) is 6. The van der Waals surface area contributed by atoms with Gasteiger partial charge in [0.15, 0.2) is 6.23 Å². The van der Waals surface area contributed by atoms with Gasteiger partial charge in [-0.2, -0.15) is 0 Å². The molecule has 0 radical (unpaired) electrons. The number of aromatic nitrogens is 11. The van der Waals surface area contributed by atoms with Crippen LogP contribution in [0.4, 0.5) is 0 Å². The van der Waals surface area contributed by atoms with Crippen LogP contribution in [-0.2, 0) is 82.2 Å². The molecule has 460 valence electrons. The Hall–Kier alpha value is -5.65. The van der Waals surface area contributed by atoms with Crippen LogP contribution >= 0.6 is 0 Å². The molecule has 0 spiro atoms. The van der Waals surface area contributed by atoms with Gasteiger partial charge >= 0.3 is 23.6 Å². The summed E-state index contributed by atoms with van der Waals surface area (Å²) in [4.78, 5) is 69.7. The third-order valence-corrected chi connectivity index (χ3v) is 14.7. The predicted molar refractivity (Wildman–Crippen MR) is 308 cm³/mol. The van der Waals surface area contributed by atoms with Crippen molar-refractivity contribution in [2.24, 2.45) is 0 Å². The first-order valence-electron chi connectivity index (χ1n) is 30.9. The summed E-state index contributed by atoms with van der Waals surface area (Å²) in [7, 11) is 3.76. The minimum atomic E-state index is -1.14. The van der Waals surface area contributed by atoms with E-state index in [9.17, 15) is 24.0 Å². The first-order valence-corrected chi connectivity index (χ1v) is 30.9. The number of nitrogens with zero attached hydrogens (tertiary/aromatic N) is 12. The van der Waals surface area contributed by atoms with E-state index in [4.69, 9.17) is 28.4 Å². The number of hydrogen-bond donors (Lipinski definition) is 0. The molecule has 23 nitrogen and oxygen atoms in total. The highest BCUT2D eigenvalue weighted by Gasteiger charge is 2.48. The highest BCUT2D eigenvalue weighted by atomic mass is 16.6. The van der Waals surface area contributed by atoms with Gasteiger partial charge in [-0.3, -0.25) is 28.3 Å². The third kappa shape index (κ3) is 23.5. The van der Waals surface area contributed by atoms with Gasteiger partial charge in [0.25, 0.3) is 5.56 Å². The van der Waals surface area contributed by atoms with Crippen LogP contribution in [0.25, 0.3) is 0 Å². The fourth-order valence-electron chi connectivity index (χ4n) is 10.2. The van der Waals surface area contributed by atoms with Crippen molar-refractivity contribution in [2.45, 2.75) is 278 Å². The van der Waals surface area contributed by atoms with Crippen LogP contribution in [-0.4, -0.2) is 134 Å². The summed E-state index contributed by atoms with van der Waals surface area (Å²) in [5.74, 6) is -1.23. The number of likely N-dealkylation sites (N-methyl/N-ethyl adjacent to an activating group) is 1. The normalized spacial score (nSPS) is 17.3. The molecule has 1 aliphatic heterocycles. The molecular formula is C59H98N12O11. The molecule has 82 heavy (non-hydrogen) atoms. The van der Waals surface area contributed by atoms with Crippen LogP contribution in [0, 0.1) is 0 Å². The van der Waals surface area contributed by atoms with Gasteiger partial charge in [-0.25, -0.2) is 18.8 Å². The SMILES string of the molecule is CCCCCCC(CCCC)OC(=O)Cn1cc(CO[C@@H]2[C@H](OCc3cn(CC(=O)OC(CCCC)CCCCCC)nn3)[C@@H](CN(C)C)O[C@H]2n2ccc(=O)n(Cc3cn(CC(=O)OC(CCCC)CCCCCC)nn3)c2=O)nn1. The Morgan fingerprint density at radius 1 is 0.537 bits per heavy atom. The van der Waals surface area contributed by atoms with Gasteiger partial charge in [0.05, 0.1) is 38.3 Å². The lowest BCUT2D eigenvalue weighted by molar-refractivity contribution is -0.151. The Morgan fingerprint density at radius 3 is 1.34 bits per heavy atom. The molecule has 23 heteroatoms. The number of rotatable bonds is 44. The maximum absolute atomic E-state index is 14.6. The number of hydrogen-bond acceptors (Lipinski definition) is 18. The van der Waals surface area contributed by atoms with Gasteiger partial charge in [-0.05, 0) is 71.9 Å². The van der Waals surface area contributed by atoms with Gasteiger partial charge in [-0.1, -0.05) is 153 Å². The van der Waals surface area contributed by atoms with Crippen LogP contribution in [0.1, 0.15) is 219 Å². The summed E-state index contributed by atoms with van der Waals surface area (Å²) < 4.78 is 44.3. The summed E-state index contributed by atoms with van der Waals surface area (Å²) in [6.45, 7) is 12.3. The lowest BCUT2D eigenvalue weighted by atomic mass is 10.0. The quantitative estimate of drug-likeness (QED) is 0.0228. The summed E-state index contributed by atoms with van der Waals surface area (Å²) in [6.07, 6.45) is 25.8. The van der Waals surface area contributed by atoms with E-state index in [0.29, 0.717) is 17.9 Å². The van der Waals surface area contributed by atoms with Gasteiger partial charge in [0.1, 0.15) is 73.3 Å². The lowest BCUT2D eigenvalue weighted by Gasteiger charge is -2.25. The van der Waals surface area contributed by atoms with Crippen LogP contribution < -0.4 is 11.2 Å². The predicted octanol–water partition coefficient (Wildman–Crippen LogP) is 8.68. The summed E-state index contributed by atoms with van der Waals surface area (Å²) in [6, 6.07) is 1.26. The van der Waals surface area contributed by atoms with E-state index in [1.165, 1.54) is 37.1 Å². The first-order chi connectivity index (χ1) is 39.8. The molecule has 5 heterocycles. The van der Waals surface area contributed by atoms with Crippen molar-refractivity contribution in [1.82, 2.24) is 59.0 Å². The highest BCUT2D eigenvalue weighted by molar-refractivity contribution is 5.70. The Bertz CT molecular complexity index is 2560. The molecule has 7 atom stereocenters. The van der Waals surface area contributed by atoms with Gasteiger partial charge in [-0.15, -0.1) is 15.3 Å². The number of carbonyl (C=O) groups is 3. The van der Waals surface area contributed by atoms with E-state index in [2.05, 4.69) is 72.5 Å². The lowest BCUT2D eigenvalue weighted by Crippen LogP contribution is -2.44. The van der Waals surface area contributed by atoms with Crippen molar-refractivity contribution in [2.75, 3.05) is 20.6 Å².